The minimum atomic E-state index is -0.0790. The predicted molar refractivity (Wildman–Crippen MR) is 73.3 cm³/mol. The maximum Gasteiger partial charge on any atom is 0.161 e. The number of nitrogens with one attached hydrogen (secondary N) is 1. The standard InChI is InChI=1S/C13H15N3O2S/c14-16-13(12-7-15-8-19-12)9-2-3-10-11(6-9)18-5-1-4-17-10/h2-3,6-8,13,16H,1,4-5,14H2. The largest absolute Gasteiger partial charge is 0.490 e. The van der Waals surface area contributed by atoms with Gasteiger partial charge in [-0.3, -0.25) is 10.8 Å². The Kier molecular flexibility index (Phi) is 3.63. The van der Waals surface area contributed by atoms with E-state index in [-0.39, 0.29) is 6.04 Å². The van der Waals surface area contributed by atoms with Gasteiger partial charge in [-0.25, -0.2) is 5.43 Å². The molecule has 1 aliphatic heterocycles. The minimum absolute atomic E-state index is 0.0790. The number of benzene rings is 1. The molecule has 100 valence electrons. The third kappa shape index (κ3) is 2.56. The van der Waals surface area contributed by atoms with Crippen LogP contribution < -0.4 is 20.7 Å². The van der Waals surface area contributed by atoms with Gasteiger partial charge in [0.1, 0.15) is 0 Å². The summed E-state index contributed by atoms with van der Waals surface area (Å²) in [5.74, 6) is 7.23. The van der Waals surface area contributed by atoms with Gasteiger partial charge in [0.15, 0.2) is 11.5 Å². The molecule has 1 aromatic carbocycles. The van der Waals surface area contributed by atoms with Gasteiger partial charge in [0.25, 0.3) is 0 Å². The molecule has 1 unspecified atom stereocenters. The second-order valence-corrected chi connectivity index (χ2v) is 5.18. The fourth-order valence-electron chi connectivity index (χ4n) is 2.07. The first kappa shape index (κ1) is 12.4. The van der Waals surface area contributed by atoms with Gasteiger partial charge in [-0.05, 0) is 17.7 Å². The summed E-state index contributed by atoms with van der Waals surface area (Å²) in [5.41, 5.74) is 5.65. The highest BCUT2D eigenvalue weighted by atomic mass is 32.1. The number of rotatable bonds is 3. The van der Waals surface area contributed by atoms with Crippen LogP contribution in [0.3, 0.4) is 0 Å². The number of fused-ring (bicyclic) bond motifs is 1. The lowest BCUT2D eigenvalue weighted by Gasteiger charge is -2.16. The molecule has 5 nitrogen and oxygen atoms in total. The molecular weight excluding hydrogens is 262 g/mol. The van der Waals surface area contributed by atoms with Crippen LogP contribution in [0.4, 0.5) is 0 Å². The Balaban J connectivity index is 1.94. The van der Waals surface area contributed by atoms with E-state index in [0.717, 1.165) is 28.4 Å². The molecule has 0 amide bonds. The molecule has 6 heteroatoms. The summed E-state index contributed by atoms with van der Waals surface area (Å²) in [6.45, 7) is 1.37. The Morgan fingerprint density at radius 3 is 2.84 bits per heavy atom. The summed E-state index contributed by atoms with van der Waals surface area (Å²) in [6.07, 6.45) is 2.72. The molecule has 0 saturated heterocycles. The summed E-state index contributed by atoms with van der Waals surface area (Å²) in [5, 5.41) is 0. The van der Waals surface area contributed by atoms with Crippen LogP contribution in [-0.2, 0) is 0 Å². The minimum Gasteiger partial charge on any atom is -0.490 e. The lowest BCUT2D eigenvalue weighted by Crippen LogP contribution is -2.28. The highest BCUT2D eigenvalue weighted by Crippen LogP contribution is 2.34. The lowest BCUT2D eigenvalue weighted by atomic mass is 10.1. The Bertz CT molecular complexity index is 545. The van der Waals surface area contributed by atoms with Crippen molar-refractivity contribution in [2.24, 2.45) is 5.84 Å². The molecule has 0 bridgehead atoms. The van der Waals surface area contributed by atoms with Crippen molar-refractivity contribution in [3.63, 3.8) is 0 Å². The summed E-state index contributed by atoms with van der Waals surface area (Å²) in [4.78, 5) is 5.15. The van der Waals surface area contributed by atoms with Gasteiger partial charge in [-0.1, -0.05) is 6.07 Å². The number of aromatic nitrogens is 1. The summed E-state index contributed by atoms with van der Waals surface area (Å²) < 4.78 is 11.3. The fourth-order valence-corrected chi connectivity index (χ4v) is 2.78. The zero-order valence-corrected chi connectivity index (χ0v) is 11.2. The number of hydrogen-bond donors (Lipinski definition) is 2. The van der Waals surface area contributed by atoms with Crippen LogP contribution in [0.25, 0.3) is 0 Å². The number of hydrogen-bond acceptors (Lipinski definition) is 6. The Morgan fingerprint density at radius 1 is 1.26 bits per heavy atom. The third-order valence-electron chi connectivity index (χ3n) is 3.01. The predicted octanol–water partition coefficient (Wildman–Crippen LogP) is 1.86. The molecule has 3 rings (SSSR count). The normalized spacial score (nSPS) is 15.8. The molecule has 3 N–H and O–H groups in total. The van der Waals surface area contributed by atoms with Crippen LogP contribution in [0.5, 0.6) is 11.5 Å². The number of nitrogens with two attached hydrogens (primary N) is 1. The quantitative estimate of drug-likeness (QED) is 0.662. The van der Waals surface area contributed by atoms with Crippen molar-refractivity contribution >= 4 is 11.3 Å². The second kappa shape index (κ2) is 5.56. The van der Waals surface area contributed by atoms with Crippen LogP contribution in [0.15, 0.2) is 29.9 Å². The smallest absolute Gasteiger partial charge is 0.161 e. The van der Waals surface area contributed by atoms with Crippen LogP contribution in [0, 0.1) is 0 Å². The number of nitrogens with zero attached hydrogens (tertiary/aromatic N) is 1. The Labute approximate surface area is 115 Å². The first-order chi connectivity index (χ1) is 9.38. The third-order valence-corrected chi connectivity index (χ3v) is 3.85. The molecule has 1 atom stereocenters. The van der Waals surface area contributed by atoms with E-state index in [4.69, 9.17) is 15.3 Å². The highest BCUT2D eigenvalue weighted by Gasteiger charge is 2.17. The van der Waals surface area contributed by atoms with Crippen LogP contribution >= 0.6 is 11.3 Å². The Morgan fingerprint density at radius 2 is 2.11 bits per heavy atom. The van der Waals surface area contributed by atoms with Gasteiger partial charge in [0.05, 0.1) is 24.8 Å². The van der Waals surface area contributed by atoms with E-state index in [2.05, 4.69) is 10.4 Å². The number of hydrazine groups is 1. The molecule has 0 spiro atoms. The zero-order valence-electron chi connectivity index (χ0n) is 10.3. The van der Waals surface area contributed by atoms with E-state index in [1.54, 1.807) is 16.8 Å². The average Bonchev–Trinajstić information content (AvgIpc) is 2.85. The van der Waals surface area contributed by atoms with E-state index in [0.29, 0.717) is 13.2 Å². The van der Waals surface area contributed by atoms with E-state index >= 15 is 0 Å². The van der Waals surface area contributed by atoms with Crippen molar-refractivity contribution in [3.05, 3.63) is 40.3 Å². The average molecular weight is 277 g/mol. The van der Waals surface area contributed by atoms with E-state index in [9.17, 15) is 0 Å². The molecule has 0 aliphatic carbocycles. The molecule has 0 radical (unpaired) electrons. The molecule has 19 heavy (non-hydrogen) atoms. The Hall–Kier alpha value is -1.63. The van der Waals surface area contributed by atoms with Gasteiger partial charge in [0.2, 0.25) is 0 Å². The molecule has 2 heterocycles. The molecule has 1 aromatic heterocycles. The monoisotopic (exact) mass is 277 g/mol. The number of ether oxygens (including phenoxy) is 2. The summed E-state index contributed by atoms with van der Waals surface area (Å²) in [6, 6.07) is 5.83. The second-order valence-electron chi connectivity index (χ2n) is 4.26. The van der Waals surface area contributed by atoms with Gasteiger partial charge < -0.3 is 9.47 Å². The van der Waals surface area contributed by atoms with E-state index in [1.807, 2.05) is 24.4 Å². The molecule has 0 saturated carbocycles. The van der Waals surface area contributed by atoms with E-state index in [1.165, 1.54) is 0 Å². The molecule has 2 aromatic rings. The first-order valence-electron chi connectivity index (χ1n) is 6.12. The van der Waals surface area contributed by atoms with E-state index < -0.39 is 0 Å². The SMILES string of the molecule is NNC(c1ccc2c(c1)OCCCO2)c1cncs1. The van der Waals surface area contributed by atoms with Crippen molar-refractivity contribution in [1.29, 1.82) is 0 Å². The molecular formula is C13H15N3O2S. The zero-order chi connectivity index (χ0) is 13.1. The van der Waals surface area contributed by atoms with Crippen molar-refractivity contribution < 1.29 is 9.47 Å². The summed E-state index contributed by atoms with van der Waals surface area (Å²) in [7, 11) is 0. The van der Waals surface area contributed by atoms with Gasteiger partial charge in [-0.2, -0.15) is 0 Å². The highest BCUT2D eigenvalue weighted by molar-refractivity contribution is 7.09. The van der Waals surface area contributed by atoms with Crippen LogP contribution in [-0.4, -0.2) is 18.2 Å². The van der Waals surface area contributed by atoms with Gasteiger partial charge >= 0.3 is 0 Å². The van der Waals surface area contributed by atoms with Gasteiger partial charge in [0, 0.05) is 17.5 Å². The van der Waals surface area contributed by atoms with Crippen molar-refractivity contribution in [2.75, 3.05) is 13.2 Å². The molecule has 0 fully saturated rings. The van der Waals surface area contributed by atoms with Crippen LogP contribution in [0.1, 0.15) is 22.9 Å². The first-order valence-corrected chi connectivity index (χ1v) is 7.00. The maximum absolute atomic E-state index is 5.70. The topological polar surface area (TPSA) is 69.4 Å². The van der Waals surface area contributed by atoms with Crippen LogP contribution in [0.2, 0.25) is 0 Å². The van der Waals surface area contributed by atoms with Gasteiger partial charge in [-0.15, -0.1) is 11.3 Å². The molecule has 1 aliphatic rings. The number of thiazole rings is 1. The van der Waals surface area contributed by atoms with Crippen molar-refractivity contribution in [1.82, 2.24) is 10.4 Å². The lowest BCUT2D eigenvalue weighted by molar-refractivity contribution is 0.297. The maximum atomic E-state index is 5.70. The summed E-state index contributed by atoms with van der Waals surface area (Å²) >= 11 is 1.57. The fraction of sp³-hybridized carbons (Fsp3) is 0.308. The van der Waals surface area contributed by atoms with Crippen molar-refractivity contribution in [3.8, 4) is 11.5 Å². The van der Waals surface area contributed by atoms with Crippen molar-refractivity contribution in [2.45, 2.75) is 12.5 Å².